The van der Waals surface area contributed by atoms with Gasteiger partial charge >= 0.3 is 0 Å². The van der Waals surface area contributed by atoms with E-state index in [0.29, 0.717) is 42.4 Å². The molecule has 144 valence electrons. The summed E-state index contributed by atoms with van der Waals surface area (Å²) in [6.07, 6.45) is 0.683. The highest BCUT2D eigenvalue weighted by atomic mass is 32.1. The molecule has 6 nitrogen and oxygen atoms in total. The van der Waals surface area contributed by atoms with E-state index in [1.165, 1.54) is 22.7 Å². The Bertz CT molecular complexity index is 981. The zero-order chi connectivity index (χ0) is 19.5. The molecule has 0 saturated carbocycles. The molecule has 1 aromatic carbocycles. The average Bonchev–Trinajstić information content (AvgIpc) is 3.37. The smallest absolute Gasteiger partial charge is 0.258 e. The van der Waals surface area contributed by atoms with E-state index in [4.69, 9.17) is 4.74 Å². The Morgan fingerprint density at radius 3 is 2.75 bits per heavy atom. The molecule has 4 rings (SSSR count). The summed E-state index contributed by atoms with van der Waals surface area (Å²) in [6, 6.07) is 9.00. The minimum atomic E-state index is -0.158. The molecule has 0 fully saturated rings. The Hall–Kier alpha value is -2.71. The Morgan fingerprint density at radius 2 is 2.04 bits per heavy atom. The zero-order valence-corrected chi connectivity index (χ0v) is 16.9. The fourth-order valence-corrected chi connectivity index (χ4v) is 4.68. The monoisotopic (exact) mass is 413 g/mol. The molecule has 28 heavy (non-hydrogen) atoms. The highest BCUT2D eigenvalue weighted by Gasteiger charge is 2.25. The first-order chi connectivity index (χ1) is 13.6. The van der Waals surface area contributed by atoms with Crippen molar-refractivity contribution in [3.05, 3.63) is 62.8 Å². The molecule has 8 heteroatoms. The van der Waals surface area contributed by atoms with Crippen LogP contribution in [0.1, 0.15) is 38.2 Å². The Kier molecular flexibility index (Phi) is 5.40. The Morgan fingerprint density at radius 1 is 1.21 bits per heavy atom. The van der Waals surface area contributed by atoms with Crippen molar-refractivity contribution in [3.63, 3.8) is 0 Å². The third-order valence-corrected chi connectivity index (χ3v) is 6.12. The molecule has 3 heterocycles. The van der Waals surface area contributed by atoms with Gasteiger partial charge in [-0.25, -0.2) is 4.98 Å². The molecular formula is C20H19N3O3S2. The molecule has 2 amide bonds. The number of aromatic nitrogens is 1. The number of thiazole rings is 1. The maximum Gasteiger partial charge on any atom is 0.258 e. The Balaban J connectivity index is 1.43. The van der Waals surface area contributed by atoms with Crippen molar-refractivity contribution in [2.75, 3.05) is 18.5 Å². The minimum Gasteiger partial charge on any atom is -0.494 e. The first kappa shape index (κ1) is 18.6. The molecule has 2 aromatic heterocycles. The van der Waals surface area contributed by atoms with Crippen molar-refractivity contribution in [3.8, 4) is 5.75 Å². The fraction of sp³-hybridized carbons (Fsp3) is 0.250. The predicted octanol–water partition coefficient (Wildman–Crippen LogP) is 4.05. The van der Waals surface area contributed by atoms with Crippen molar-refractivity contribution in [1.82, 2.24) is 9.88 Å². The van der Waals surface area contributed by atoms with Crippen LogP contribution in [0.5, 0.6) is 5.75 Å². The predicted molar refractivity (Wildman–Crippen MR) is 110 cm³/mol. The van der Waals surface area contributed by atoms with Gasteiger partial charge in [-0.05, 0) is 42.6 Å². The van der Waals surface area contributed by atoms with Crippen LogP contribution >= 0.6 is 22.7 Å². The van der Waals surface area contributed by atoms with E-state index < -0.39 is 0 Å². The number of anilines is 1. The van der Waals surface area contributed by atoms with Gasteiger partial charge in [0, 0.05) is 28.8 Å². The number of rotatable bonds is 5. The van der Waals surface area contributed by atoms with Crippen LogP contribution in [-0.2, 0) is 13.0 Å². The van der Waals surface area contributed by atoms with E-state index in [1.807, 2.05) is 29.3 Å². The van der Waals surface area contributed by atoms with Gasteiger partial charge in [0.05, 0.1) is 24.4 Å². The van der Waals surface area contributed by atoms with E-state index >= 15 is 0 Å². The van der Waals surface area contributed by atoms with Crippen molar-refractivity contribution < 1.29 is 14.3 Å². The topological polar surface area (TPSA) is 71.5 Å². The molecule has 0 bridgehead atoms. The van der Waals surface area contributed by atoms with Crippen LogP contribution in [0.15, 0.2) is 41.1 Å². The van der Waals surface area contributed by atoms with E-state index in [9.17, 15) is 9.59 Å². The van der Waals surface area contributed by atoms with E-state index in [-0.39, 0.29) is 11.8 Å². The first-order valence-electron chi connectivity index (χ1n) is 8.98. The van der Waals surface area contributed by atoms with Gasteiger partial charge < -0.3 is 9.64 Å². The van der Waals surface area contributed by atoms with Gasteiger partial charge in [-0.2, -0.15) is 11.3 Å². The molecule has 0 radical (unpaired) electrons. The van der Waals surface area contributed by atoms with Crippen LogP contribution < -0.4 is 10.1 Å². The van der Waals surface area contributed by atoms with Gasteiger partial charge in [-0.1, -0.05) is 11.3 Å². The van der Waals surface area contributed by atoms with Crippen LogP contribution in [0.3, 0.4) is 0 Å². The van der Waals surface area contributed by atoms with E-state index in [2.05, 4.69) is 10.3 Å². The highest BCUT2D eigenvalue weighted by Crippen LogP contribution is 2.29. The number of hydrogen-bond acceptors (Lipinski definition) is 6. The number of hydrogen-bond donors (Lipinski definition) is 1. The molecule has 0 atom stereocenters. The molecule has 0 aliphatic carbocycles. The largest absolute Gasteiger partial charge is 0.494 e. The number of nitrogens with one attached hydrogen (secondary N) is 1. The lowest BCUT2D eigenvalue weighted by atomic mass is 10.1. The van der Waals surface area contributed by atoms with Crippen LogP contribution in [-0.4, -0.2) is 34.8 Å². The second-order valence-corrected chi connectivity index (χ2v) is 8.15. The van der Waals surface area contributed by atoms with Crippen molar-refractivity contribution in [2.45, 2.75) is 19.9 Å². The number of fused-ring (bicyclic) bond motifs is 1. The molecule has 0 spiro atoms. The van der Waals surface area contributed by atoms with E-state index in [1.54, 1.807) is 23.6 Å². The lowest BCUT2D eigenvalue weighted by Gasteiger charge is -2.26. The summed E-state index contributed by atoms with van der Waals surface area (Å²) in [5.41, 5.74) is 2.23. The fourth-order valence-electron chi connectivity index (χ4n) is 3.03. The zero-order valence-electron chi connectivity index (χ0n) is 15.3. The summed E-state index contributed by atoms with van der Waals surface area (Å²) >= 11 is 2.91. The van der Waals surface area contributed by atoms with Gasteiger partial charge in [-0.15, -0.1) is 0 Å². The number of carbonyl (C=O) groups excluding carboxylic acids is 2. The molecule has 1 N–H and O–H groups in total. The maximum atomic E-state index is 12.8. The van der Waals surface area contributed by atoms with Crippen LogP contribution in [0.4, 0.5) is 5.13 Å². The van der Waals surface area contributed by atoms with Crippen molar-refractivity contribution in [2.24, 2.45) is 0 Å². The summed E-state index contributed by atoms with van der Waals surface area (Å²) in [5, 5.41) is 7.11. The molecule has 0 saturated heterocycles. The molecule has 3 aromatic rings. The number of benzene rings is 1. The molecular weight excluding hydrogens is 394 g/mol. The standard InChI is InChI=1S/C20H19N3O3S2/c1-2-26-15-5-3-13(4-6-15)19(25)23-9-7-16-17(11-23)28-20(21-16)22-18(24)14-8-10-27-12-14/h3-6,8,10,12H,2,7,9,11H2,1H3,(H,21,22,24). The maximum absolute atomic E-state index is 12.8. The van der Waals surface area contributed by atoms with E-state index in [0.717, 1.165) is 16.3 Å². The lowest BCUT2D eigenvalue weighted by molar-refractivity contribution is 0.0736. The van der Waals surface area contributed by atoms with Crippen LogP contribution in [0.25, 0.3) is 0 Å². The second-order valence-electron chi connectivity index (χ2n) is 6.29. The summed E-state index contributed by atoms with van der Waals surface area (Å²) in [7, 11) is 0. The second kappa shape index (κ2) is 8.12. The molecule has 1 aliphatic heterocycles. The number of nitrogens with zero attached hydrogens (tertiary/aromatic N) is 2. The molecule has 0 unspecified atom stereocenters. The quantitative estimate of drug-likeness (QED) is 0.685. The third-order valence-electron chi connectivity index (χ3n) is 4.43. The summed E-state index contributed by atoms with van der Waals surface area (Å²) in [6.45, 7) is 3.64. The summed E-state index contributed by atoms with van der Waals surface area (Å²) in [4.78, 5) is 32.4. The van der Waals surface area contributed by atoms with Gasteiger partial charge in [0.1, 0.15) is 5.75 Å². The van der Waals surface area contributed by atoms with Crippen molar-refractivity contribution in [1.29, 1.82) is 0 Å². The number of carbonyl (C=O) groups is 2. The SMILES string of the molecule is CCOc1ccc(C(=O)N2CCc3nc(NC(=O)c4ccsc4)sc3C2)cc1. The van der Waals surface area contributed by atoms with Gasteiger partial charge in [0.2, 0.25) is 0 Å². The first-order valence-corrected chi connectivity index (χ1v) is 10.7. The van der Waals surface area contributed by atoms with Gasteiger partial charge in [0.25, 0.3) is 11.8 Å². The third kappa shape index (κ3) is 3.93. The van der Waals surface area contributed by atoms with Gasteiger partial charge in [-0.3, -0.25) is 14.9 Å². The number of ether oxygens (including phenoxy) is 1. The highest BCUT2D eigenvalue weighted by molar-refractivity contribution is 7.16. The van der Waals surface area contributed by atoms with Crippen LogP contribution in [0.2, 0.25) is 0 Å². The summed E-state index contributed by atoms with van der Waals surface area (Å²) in [5.74, 6) is 0.592. The van der Waals surface area contributed by atoms with Crippen LogP contribution in [0, 0.1) is 0 Å². The number of thiophene rings is 1. The minimum absolute atomic E-state index is 0.00837. The number of amides is 2. The molecule has 1 aliphatic rings. The summed E-state index contributed by atoms with van der Waals surface area (Å²) < 4.78 is 5.43. The lowest BCUT2D eigenvalue weighted by Crippen LogP contribution is -2.35. The average molecular weight is 414 g/mol. The van der Waals surface area contributed by atoms with Crippen molar-refractivity contribution >= 4 is 39.6 Å². The van der Waals surface area contributed by atoms with Gasteiger partial charge in [0.15, 0.2) is 5.13 Å². The normalized spacial score (nSPS) is 13.1. The Labute approximate surface area is 170 Å².